The summed E-state index contributed by atoms with van der Waals surface area (Å²) in [6.07, 6.45) is -0.375. The van der Waals surface area contributed by atoms with E-state index in [-0.39, 0.29) is 12.3 Å². The maximum absolute atomic E-state index is 12.1. The van der Waals surface area contributed by atoms with Gasteiger partial charge in [0, 0.05) is 6.42 Å². The van der Waals surface area contributed by atoms with Gasteiger partial charge in [-0.2, -0.15) is 18.4 Å². The number of carbonyl (C=O) groups is 1. The van der Waals surface area contributed by atoms with Gasteiger partial charge in [0.25, 0.3) is 0 Å². The molecule has 1 aliphatic rings. The zero-order chi connectivity index (χ0) is 14.5. The molecule has 1 aliphatic carbocycles. The summed E-state index contributed by atoms with van der Waals surface area (Å²) in [5, 5.41) is 8.93. The summed E-state index contributed by atoms with van der Waals surface area (Å²) in [6, 6.07) is 1.91. The van der Waals surface area contributed by atoms with Crippen molar-refractivity contribution in [2.45, 2.75) is 25.4 Å². The molecular weight excluding hydrogens is 259 g/mol. The predicted octanol–water partition coefficient (Wildman–Crippen LogP) is 3.14. The first-order valence-corrected chi connectivity index (χ1v) is 5.80. The number of nitrogens with zero attached hydrogens (tertiary/aromatic N) is 1. The van der Waals surface area contributed by atoms with Crippen LogP contribution in [-0.4, -0.2) is 19.3 Å². The molecule has 2 atom stereocenters. The lowest BCUT2D eigenvalue weighted by Crippen LogP contribution is -2.18. The molecule has 0 saturated heterocycles. The minimum Gasteiger partial charge on any atom is -0.465 e. The van der Waals surface area contributed by atoms with Crippen molar-refractivity contribution >= 4 is 5.97 Å². The van der Waals surface area contributed by atoms with Crippen LogP contribution in [0, 0.1) is 23.2 Å². The number of rotatable bonds is 4. The van der Waals surface area contributed by atoms with E-state index in [2.05, 4.69) is 4.74 Å². The fourth-order valence-electron chi connectivity index (χ4n) is 1.90. The lowest BCUT2D eigenvalue weighted by Gasteiger charge is -2.20. The molecule has 0 aromatic heterocycles. The number of carbonyl (C=O) groups excluding carboxylic acids is 1. The average Bonchev–Trinajstić information content (AvgIpc) is 2.38. The third kappa shape index (κ3) is 4.78. The van der Waals surface area contributed by atoms with Crippen LogP contribution >= 0.6 is 0 Å². The Balaban J connectivity index is 2.59. The fraction of sp³-hybridized carbons (Fsp3) is 0.538. The van der Waals surface area contributed by atoms with Gasteiger partial charge in [0.05, 0.1) is 24.7 Å². The third-order valence-corrected chi connectivity index (χ3v) is 2.98. The van der Waals surface area contributed by atoms with Crippen molar-refractivity contribution < 1.29 is 22.7 Å². The Bertz CT molecular complexity index is 432. The second-order valence-electron chi connectivity index (χ2n) is 4.30. The summed E-state index contributed by atoms with van der Waals surface area (Å²) in [4.78, 5) is 11.2. The van der Waals surface area contributed by atoms with Gasteiger partial charge in [0.15, 0.2) is 0 Å². The van der Waals surface area contributed by atoms with Gasteiger partial charge in [-0.05, 0) is 18.8 Å². The molecule has 0 bridgehead atoms. The van der Waals surface area contributed by atoms with Crippen LogP contribution in [0.3, 0.4) is 0 Å². The average molecular weight is 273 g/mol. The molecule has 0 heterocycles. The molecule has 3 nitrogen and oxygen atoms in total. The summed E-state index contributed by atoms with van der Waals surface area (Å²) in [5.74, 6) is -1.48. The van der Waals surface area contributed by atoms with Crippen LogP contribution in [0.25, 0.3) is 0 Å². The molecule has 0 aromatic carbocycles. The molecule has 0 aromatic rings. The number of halogens is 3. The van der Waals surface area contributed by atoms with Gasteiger partial charge >= 0.3 is 12.1 Å². The number of esters is 1. The Morgan fingerprint density at radius 3 is 2.74 bits per heavy atom. The second-order valence-corrected chi connectivity index (χ2v) is 4.30. The van der Waals surface area contributed by atoms with Crippen molar-refractivity contribution in [1.82, 2.24) is 0 Å². The number of hydrogen-bond acceptors (Lipinski definition) is 3. The van der Waals surface area contributed by atoms with E-state index in [9.17, 15) is 18.0 Å². The molecule has 104 valence electrons. The molecule has 0 fully saturated rings. The van der Waals surface area contributed by atoms with E-state index in [1.54, 1.807) is 12.2 Å². The molecule has 6 heteroatoms. The van der Waals surface area contributed by atoms with Gasteiger partial charge in [-0.1, -0.05) is 18.2 Å². The van der Waals surface area contributed by atoms with Crippen molar-refractivity contribution in [3.63, 3.8) is 0 Å². The van der Waals surface area contributed by atoms with Crippen molar-refractivity contribution in [1.29, 1.82) is 5.26 Å². The van der Waals surface area contributed by atoms with Crippen molar-refractivity contribution in [2.75, 3.05) is 7.11 Å². The zero-order valence-electron chi connectivity index (χ0n) is 10.4. The monoisotopic (exact) mass is 273 g/mol. The number of allylic oxidation sites excluding steroid dienone is 2. The minimum atomic E-state index is -4.25. The van der Waals surface area contributed by atoms with Crippen LogP contribution < -0.4 is 0 Å². The maximum atomic E-state index is 12.1. The van der Waals surface area contributed by atoms with E-state index >= 15 is 0 Å². The van der Waals surface area contributed by atoms with E-state index in [1.807, 2.05) is 6.07 Å². The fourth-order valence-corrected chi connectivity index (χ4v) is 1.90. The topological polar surface area (TPSA) is 50.1 Å². The van der Waals surface area contributed by atoms with Crippen molar-refractivity contribution in [3.05, 3.63) is 23.8 Å². The van der Waals surface area contributed by atoms with Gasteiger partial charge in [-0.15, -0.1) is 0 Å². The molecule has 0 N–H and O–H groups in total. The smallest absolute Gasteiger partial charge is 0.389 e. The number of ether oxygens (including phenoxy) is 1. The van der Waals surface area contributed by atoms with Gasteiger partial charge < -0.3 is 4.74 Å². The van der Waals surface area contributed by atoms with E-state index in [0.717, 1.165) is 0 Å². The Kier molecular flexibility index (Phi) is 5.16. The molecule has 1 rings (SSSR count). The van der Waals surface area contributed by atoms with Crippen LogP contribution in [0.2, 0.25) is 0 Å². The van der Waals surface area contributed by atoms with Crippen LogP contribution in [-0.2, 0) is 9.53 Å². The van der Waals surface area contributed by atoms with E-state index in [4.69, 9.17) is 5.26 Å². The first-order valence-electron chi connectivity index (χ1n) is 5.80. The summed E-state index contributed by atoms with van der Waals surface area (Å²) in [5.41, 5.74) is 0.367. The molecule has 0 spiro atoms. The quantitative estimate of drug-likeness (QED) is 0.739. The lowest BCUT2D eigenvalue weighted by atomic mass is 9.83. The van der Waals surface area contributed by atoms with Gasteiger partial charge in [0.2, 0.25) is 0 Å². The summed E-state index contributed by atoms with van der Waals surface area (Å²) in [7, 11) is 1.25. The molecule has 0 radical (unpaired) electrons. The highest BCUT2D eigenvalue weighted by atomic mass is 19.4. The highest BCUT2D eigenvalue weighted by Gasteiger charge is 2.30. The third-order valence-electron chi connectivity index (χ3n) is 2.98. The van der Waals surface area contributed by atoms with Crippen LogP contribution in [0.5, 0.6) is 0 Å². The first kappa shape index (κ1) is 15.3. The molecular formula is C13H14F3NO2. The van der Waals surface area contributed by atoms with Crippen LogP contribution in [0.1, 0.15) is 19.3 Å². The molecule has 0 aliphatic heterocycles. The number of nitriles is 1. The second kappa shape index (κ2) is 6.41. The maximum Gasteiger partial charge on any atom is 0.389 e. The van der Waals surface area contributed by atoms with Crippen molar-refractivity contribution in [2.24, 2.45) is 11.8 Å². The summed E-state index contributed by atoms with van der Waals surface area (Å²) in [6.45, 7) is 0. The van der Waals surface area contributed by atoms with Crippen molar-refractivity contribution in [3.8, 4) is 6.07 Å². The highest BCUT2D eigenvalue weighted by Crippen LogP contribution is 2.31. The lowest BCUT2D eigenvalue weighted by molar-refractivity contribution is -0.137. The molecule has 19 heavy (non-hydrogen) atoms. The number of methoxy groups -OCH3 is 1. The molecule has 2 unspecified atom stereocenters. The van der Waals surface area contributed by atoms with Gasteiger partial charge in [-0.3, -0.25) is 0 Å². The van der Waals surface area contributed by atoms with Crippen LogP contribution in [0.15, 0.2) is 23.8 Å². The highest BCUT2D eigenvalue weighted by molar-refractivity contribution is 5.91. The summed E-state index contributed by atoms with van der Waals surface area (Å²) < 4.78 is 40.9. The number of alkyl halides is 3. The largest absolute Gasteiger partial charge is 0.465 e. The van der Waals surface area contributed by atoms with Gasteiger partial charge in [-0.25, -0.2) is 4.79 Å². The first-order chi connectivity index (χ1) is 8.87. The number of hydrogen-bond donors (Lipinski definition) is 0. The Morgan fingerprint density at radius 1 is 1.63 bits per heavy atom. The van der Waals surface area contributed by atoms with E-state index in [0.29, 0.717) is 12.0 Å². The standard InChI is InChI=1S/C13H14F3NO2/c1-19-12(18)10-4-2-9(3-5-10)11(8-17)6-7-13(14,15)16/h2,4-5,9,11H,3,6-7H2,1H3. The van der Waals surface area contributed by atoms with E-state index < -0.39 is 24.5 Å². The Labute approximate surface area is 109 Å². The molecule has 0 saturated carbocycles. The summed E-state index contributed by atoms with van der Waals surface area (Å²) >= 11 is 0. The SMILES string of the molecule is COC(=O)C1=CCC(C(C#N)CCC(F)(F)F)C=C1. The predicted molar refractivity (Wildman–Crippen MR) is 61.7 cm³/mol. The van der Waals surface area contributed by atoms with Crippen LogP contribution in [0.4, 0.5) is 13.2 Å². The Morgan fingerprint density at radius 2 is 2.32 bits per heavy atom. The molecule has 0 amide bonds. The van der Waals surface area contributed by atoms with Gasteiger partial charge in [0.1, 0.15) is 0 Å². The minimum absolute atomic E-state index is 0.226. The van der Waals surface area contributed by atoms with E-state index in [1.165, 1.54) is 13.2 Å². The Hall–Kier alpha value is -1.77. The normalized spacial score (nSPS) is 20.4. The zero-order valence-corrected chi connectivity index (χ0v) is 10.4.